The van der Waals surface area contributed by atoms with E-state index in [0.29, 0.717) is 27.3 Å². The van der Waals surface area contributed by atoms with Gasteiger partial charge in [-0.2, -0.15) is 0 Å². The minimum Gasteiger partial charge on any atom is -0.466 e. The molecule has 4 aliphatic rings. The van der Waals surface area contributed by atoms with Crippen LogP contribution in [0, 0.1) is 0 Å². The summed E-state index contributed by atoms with van der Waals surface area (Å²) in [5, 5.41) is 0. The van der Waals surface area contributed by atoms with E-state index in [2.05, 4.69) is 0 Å². The molecule has 0 bridgehead atoms. The molecule has 0 N–H and O–H groups in total. The van der Waals surface area contributed by atoms with Gasteiger partial charge in [-0.25, -0.2) is 19.2 Å². The number of rotatable bonds is 8. The lowest BCUT2D eigenvalue weighted by Gasteiger charge is -2.51. The van der Waals surface area contributed by atoms with Crippen LogP contribution in [0.2, 0.25) is 0 Å². The van der Waals surface area contributed by atoms with Gasteiger partial charge >= 0.3 is 23.9 Å². The van der Waals surface area contributed by atoms with E-state index in [4.69, 9.17) is 18.9 Å². The predicted molar refractivity (Wildman–Crippen MR) is 213 cm³/mol. The SMILES string of the molecule is COC(=O)C1=C(C(=O)OC)SC2(S1)C(C(=O)OC)=C(C(=O)OC)SC1=C2c2ccccc2N(C(=O)C(Cc2ccccc2)N2C(=O)c3ccccc3C2=O)C1(C)C. The standard InChI is InChI=1S/C41H34N2O11S3/c1-40(2)32-27(41(28(36(47)51-3)29(55-32)37(48)52-4)56-30(38(49)53-5)31(57-41)39(50)54-6)24-18-12-13-19-25(24)43(40)35(46)26(20-21-14-8-7-9-15-21)42-33(44)22-16-10-11-17-23(22)34(42)45/h7-19,26H,20H2,1-6H3. The molecule has 1 unspecified atom stereocenters. The molecule has 0 aliphatic carbocycles. The second kappa shape index (κ2) is 15.1. The summed E-state index contributed by atoms with van der Waals surface area (Å²) in [6, 6.07) is 20.9. The Kier molecular flexibility index (Phi) is 10.5. The van der Waals surface area contributed by atoms with Crippen molar-refractivity contribution in [1.29, 1.82) is 0 Å². The number of thioether (sulfide) groups is 3. The second-order valence-corrected chi connectivity index (χ2v) is 17.2. The molecule has 1 spiro atoms. The zero-order valence-electron chi connectivity index (χ0n) is 31.4. The zero-order chi connectivity index (χ0) is 41.0. The lowest BCUT2D eigenvalue weighted by molar-refractivity contribution is -0.138. The molecule has 13 nitrogen and oxygen atoms in total. The number of benzene rings is 3. The Bertz CT molecular complexity index is 2340. The second-order valence-electron chi connectivity index (χ2n) is 13.4. The molecular formula is C41H34N2O11S3. The molecule has 4 heterocycles. The Labute approximate surface area is 339 Å². The summed E-state index contributed by atoms with van der Waals surface area (Å²) in [5.74, 6) is -5.48. The summed E-state index contributed by atoms with van der Waals surface area (Å²) in [4.78, 5) is 101. The Hall–Kier alpha value is -5.58. The van der Waals surface area contributed by atoms with Crippen LogP contribution in [0.3, 0.4) is 0 Å². The molecule has 57 heavy (non-hydrogen) atoms. The molecule has 3 amide bonds. The monoisotopic (exact) mass is 826 g/mol. The summed E-state index contributed by atoms with van der Waals surface area (Å²) in [6.07, 6.45) is -0.0245. The maximum Gasteiger partial charge on any atom is 0.345 e. The Morgan fingerprint density at radius 3 is 1.63 bits per heavy atom. The molecule has 0 fully saturated rings. The van der Waals surface area contributed by atoms with Gasteiger partial charge in [-0.15, -0.1) is 0 Å². The van der Waals surface area contributed by atoms with Crippen molar-refractivity contribution in [3.8, 4) is 0 Å². The van der Waals surface area contributed by atoms with Gasteiger partial charge in [-0.1, -0.05) is 95.9 Å². The highest BCUT2D eigenvalue weighted by atomic mass is 32.2. The lowest BCUT2D eigenvalue weighted by Crippen LogP contribution is -2.60. The average molecular weight is 827 g/mol. The third-order valence-electron chi connectivity index (χ3n) is 9.96. The van der Waals surface area contributed by atoms with Gasteiger partial charge in [0.15, 0.2) is 0 Å². The molecule has 0 saturated heterocycles. The van der Waals surface area contributed by atoms with Gasteiger partial charge in [-0.3, -0.25) is 24.2 Å². The first-order chi connectivity index (χ1) is 27.3. The van der Waals surface area contributed by atoms with E-state index in [1.165, 1.54) is 4.90 Å². The summed E-state index contributed by atoms with van der Waals surface area (Å²) >= 11 is 2.51. The number of fused-ring (bicyclic) bond motifs is 4. The predicted octanol–water partition coefficient (Wildman–Crippen LogP) is 5.51. The first-order valence-electron chi connectivity index (χ1n) is 17.3. The molecule has 1 atom stereocenters. The van der Waals surface area contributed by atoms with Crippen LogP contribution in [0.1, 0.15) is 45.7 Å². The number of para-hydroxylation sites is 1. The van der Waals surface area contributed by atoms with Gasteiger partial charge in [-0.05, 0) is 37.6 Å². The summed E-state index contributed by atoms with van der Waals surface area (Å²) < 4.78 is 18.8. The van der Waals surface area contributed by atoms with Crippen LogP contribution in [0.25, 0.3) is 5.57 Å². The lowest BCUT2D eigenvalue weighted by atomic mass is 9.82. The number of imide groups is 1. The number of esters is 4. The molecule has 3 aromatic carbocycles. The van der Waals surface area contributed by atoms with Crippen LogP contribution >= 0.6 is 35.3 Å². The van der Waals surface area contributed by atoms with E-state index in [1.54, 1.807) is 86.6 Å². The normalized spacial score (nSPS) is 18.2. The van der Waals surface area contributed by atoms with Gasteiger partial charge in [0, 0.05) is 22.5 Å². The van der Waals surface area contributed by atoms with E-state index in [-0.39, 0.29) is 37.8 Å². The maximum atomic E-state index is 15.6. The molecule has 0 saturated carbocycles. The van der Waals surface area contributed by atoms with Crippen LogP contribution in [-0.4, -0.2) is 90.6 Å². The smallest absolute Gasteiger partial charge is 0.345 e. The van der Waals surface area contributed by atoms with E-state index >= 15 is 4.79 Å². The Balaban J connectivity index is 1.47. The van der Waals surface area contributed by atoms with Crippen molar-refractivity contribution < 1.29 is 52.5 Å². The number of carbonyl (C=O) groups is 7. The third kappa shape index (κ3) is 6.17. The van der Waals surface area contributed by atoms with Crippen LogP contribution < -0.4 is 4.90 Å². The van der Waals surface area contributed by atoms with Crippen molar-refractivity contribution >= 4 is 88.1 Å². The van der Waals surface area contributed by atoms with E-state index in [1.807, 2.05) is 6.07 Å². The Morgan fingerprint density at radius 2 is 1.11 bits per heavy atom. The molecule has 7 rings (SSSR count). The van der Waals surface area contributed by atoms with Crippen LogP contribution in [-0.2, 0) is 49.3 Å². The molecule has 3 aromatic rings. The topological polar surface area (TPSA) is 163 Å². The number of hydrogen-bond donors (Lipinski definition) is 0. The average Bonchev–Trinajstić information content (AvgIpc) is 3.73. The van der Waals surface area contributed by atoms with E-state index in [0.717, 1.165) is 68.6 Å². The highest BCUT2D eigenvalue weighted by molar-refractivity contribution is 8.26. The van der Waals surface area contributed by atoms with Crippen molar-refractivity contribution in [2.24, 2.45) is 0 Å². The third-order valence-corrected chi connectivity index (χ3v) is 14.6. The quantitative estimate of drug-likeness (QED) is 0.159. The number of hydrogen-bond acceptors (Lipinski definition) is 14. The highest BCUT2D eigenvalue weighted by Gasteiger charge is 2.62. The van der Waals surface area contributed by atoms with Gasteiger partial charge in [0.1, 0.15) is 24.8 Å². The minimum absolute atomic E-state index is 0.0245. The number of anilines is 1. The minimum atomic E-state index is -1.78. The fourth-order valence-corrected chi connectivity index (χ4v) is 12.5. The van der Waals surface area contributed by atoms with Crippen LogP contribution in [0.15, 0.2) is 104 Å². The first kappa shape index (κ1) is 39.6. The van der Waals surface area contributed by atoms with E-state index in [9.17, 15) is 28.8 Å². The van der Waals surface area contributed by atoms with Gasteiger partial charge in [0.25, 0.3) is 17.7 Å². The molecule has 0 radical (unpaired) electrons. The number of ether oxygens (including phenoxy) is 4. The number of carbonyl (C=O) groups excluding carboxylic acids is 7. The fourth-order valence-electron chi connectivity index (χ4n) is 7.43. The number of amides is 3. The van der Waals surface area contributed by atoms with Crippen molar-refractivity contribution in [1.82, 2.24) is 4.90 Å². The van der Waals surface area contributed by atoms with Gasteiger partial charge in [0.05, 0.1) is 56.4 Å². The van der Waals surface area contributed by atoms with Crippen LogP contribution in [0.5, 0.6) is 0 Å². The number of nitrogens with zero attached hydrogens (tertiary/aromatic N) is 2. The summed E-state index contributed by atoms with van der Waals surface area (Å²) in [5.41, 5.74) is 0.539. The highest BCUT2D eigenvalue weighted by Crippen LogP contribution is 2.71. The molecule has 292 valence electrons. The first-order valence-corrected chi connectivity index (χ1v) is 19.8. The summed E-state index contributed by atoms with van der Waals surface area (Å²) in [7, 11) is 4.56. The van der Waals surface area contributed by atoms with Crippen molar-refractivity contribution in [3.63, 3.8) is 0 Å². The number of methoxy groups -OCH3 is 4. The van der Waals surface area contributed by atoms with Gasteiger partial charge in [0.2, 0.25) is 0 Å². The molecule has 4 aliphatic heterocycles. The van der Waals surface area contributed by atoms with Gasteiger partial charge < -0.3 is 18.9 Å². The van der Waals surface area contributed by atoms with E-state index < -0.39 is 57.3 Å². The largest absolute Gasteiger partial charge is 0.466 e. The van der Waals surface area contributed by atoms with Crippen molar-refractivity contribution in [3.05, 3.63) is 126 Å². The van der Waals surface area contributed by atoms with Crippen molar-refractivity contribution in [2.45, 2.75) is 35.9 Å². The maximum absolute atomic E-state index is 15.6. The zero-order valence-corrected chi connectivity index (χ0v) is 33.8. The molecular weight excluding hydrogens is 793 g/mol. The van der Waals surface area contributed by atoms with Crippen molar-refractivity contribution in [2.75, 3.05) is 33.3 Å². The van der Waals surface area contributed by atoms with Crippen LogP contribution in [0.4, 0.5) is 5.69 Å². The molecule has 16 heteroatoms. The summed E-state index contributed by atoms with van der Waals surface area (Å²) in [6.45, 7) is 3.47. The molecule has 0 aromatic heterocycles. The fraction of sp³-hybridized carbons (Fsp3) is 0.244. The Morgan fingerprint density at radius 1 is 0.632 bits per heavy atom.